The van der Waals surface area contributed by atoms with Gasteiger partial charge in [0.2, 0.25) is 0 Å². The quantitative estimate of drug-likeness (QED) is 0.889. The lowest BCUT2D eigenvalue weighted by atomic mass is 9.84. The van der Waals surface area contributed by atoms with Crippen LogP contribution in [-0.4, -0.2) is 54.1 Å². The van der Waals surface area contributed by atoms with Crippen molar-refractivity contribution >= 4 is 0 Å². The molecule has 2 aliphatic rings. The van der Waals surface area contributed by atoms with Crippen molar-refractivity contribution in [3.05, 3.63) is 23.3 Å². The summed E-state index contributed by atoms with van der Waals surface area (Å²) in [5, 5.41) is 10.7. The molecule has 1 N–H and O–H groups in total. The molecule has 1 saturated heterocycles. The zero-order chi connectivity index (χ0) is 19.1. The van der Waals surface area contributed by atoms with Gasteiger partial charge in [0.05, 0.1) is 31.0 Å². The molecule has 0 unspecified atom stereocenters. The van der Waals surface area contributed by atoms with Crippen LogP contribution in [0.2, 0.25) is 0 Å². The molecule has 0 spiro atoms. The standard InChI is InChI=1S/C21H33NO4/c1-13(2)25-19-9-14-7-8-22-12-20(26-21(3,4)5)17(23)11-16(22)15(14)10-18(19)24-6/h9-10,13,16-17,20,23H,7-8,11-12H2,1-6H3/t16-,17-,20-/m1/s1. The summed E-state index contributed by atoms with van der Waals surface area (Å²) < 4.78 is 17.6. The lowest BCUT2D eigenvalue weighted by molar-refractivity contribution is -0.149. The molecule has 26 heavy (non-hydrogen) atoms. The van der Waals surface area contributed by atoms with E-state index in [0.29, 0.717) is 6.42 Å². The van der Waals surface area contributed by atoms with E-state index in [1.54, 1.807) is 7.11 Å². The summed E-state index contributed by atoms with van der Waals surface area (Å²) in [6.45, 7) is 11.9. The predicted octanol–water partition coefficient (Wildman–Crippen LogP) is 3.33. The Kier molecular flexibility index (Phi) is 5.52. The smallest absolute Gasteiger partial charge is 0.161 e. The SMILES string of the molecule is COc1cc2c(cc1OC(C)C)CCN1C[C@@H](OC(C)(C)C)[C@H](O)C[C@H]21. The zero-order valence-electron chi connectivity index (χ0n) is 16.9. The predicted molar refractivity (Wildman–Crippen MR) is 102 cm³/mol. The Morgan fingerprint density at radius 3 is 2.54 bits per heavy atom. The van der Waals surface area contributed by atoms with Crippen molar-refractivity contribution in [1.29, 1.82) is 0 Å². The number of ether oxygens (including phenoxy) is 3. The summed E-state index contributed by atoms with van der Waals surface area (Å²) >= 11 is 0. The fraction of sp³-hybridized carbons (Fsp3) is 0.714. The highest BCUT2D eigenvalue weighted by Crippen LogP contribution is 2.42. The number of nitrogens with zero attached hydrogens (tertiary/aromatic N) is 1. The molecule has 1 aromatic carbocycles. The lowest BCUT2D eigenvalue weighted by Gasteiger charge is -2.46. The van der Waals surface area contributed by atoms with Crippen molar-refractivity contribution in [3.8, 4) is 11.5 Å². The minimum absolute atomic E-state index is 0.105. The average Bonchev–Trinajstić information content (AvgIpc) is 2.53. The normalized spacial score (nSPS) is 26.4. The van der Waals surface area contributed by atoms with E-state index in [2.05, 4.69) is 17.0 Å². The number of aliphatic hydroxyl groups excluding tert-OH is 1. The maximum absolute atomic E-state index is 10.7. The van der Waals surface area contributed by atoms with Gasteiger partial charge in [-0.05, 0) is 70.7 Å². The largest absolute Gasteiger partial charge is 0.493 e. The van der Waals surface area contributed by atoms with Gasteiger partial charge < -0.3 is 19.3 Å². The van der Waals surface area contributed by atoms with Gasteiger partial charge in [0, 0.05) is 19.1 Å². The fourth-order valence-electron chi connectivity index (χ4n) is 4.06. The fourth-order valence-corrected chi connectivity index (χ4v) is 4.06. The molecule has 1 fully saturated rings. The summed E-state index contributed by atoms with van der Waals surface area (Å²) in [6.07, 6.45) is 1.16. The van der Waals surface area contributed by atoms with Crippen LogP contribution in [0, 0.1) is 0 Å². The Labute approximate surface area is 157 Å². The van der Waals surface area contributed by atoms with E-state index >= 15 is 0 Å². The molecule has 1 aromatic rings. The van der Waals surface area contributed by atoms with E-state index in [1.807, 2.05) is 34.6 Å². The number of hydrogen-bond donors (Lipinski definition) is 1. The number of rotatable bonds is 4. The second kappa shape index (κ2) is 7.37. The number of fused-ring (bicyclic) bond motifs is 3. The van der Waals surface area contributed by atoms with Crippen LogP contribution in [0.5, 0.6) is 11.5 Å². The topological polar surface area (TPSA) is 51.2 Å². The van der Waals surface area contributed by atoms with Crippen LogP contribution in [0.3, 0.4) is 0 Å². The monoisotopic (exact) mass is 363 g/mol. The highest BCUT2D eigenvalue weighted by Gasteiger charge is 2.40. The van der Waals surface area contributed by atoms with Crippen LogP contribution < -0.4 is 9.47 Å². The van der Waals surface area contributed by atoms with Crippen LogP contribution in [0.4, 0.5) is 0 Å². The average molecular weight is 363 g/mol. The first-order chi connectivity index (χ1) is 12.2. The summed E-state index contributed by atoms with van der Waals surface area (Å²) in [7, 11) is 1.68. The summed E-state index contributed by atoms with van der Waals surface area (Å²) in [5.41, 5.74) is 2.29. The molecule has 5 heteroatoms. The molecule has 2 heterocycles. The van der Waals surface area contributed by atoms with Crippen molar-refractivity contribution in [2.24, 2.45) is 0 Å². The van der Waals surface area contributed by atoms with Gasteiger partial charge in [0.15, 0.2) is 11.5 Å². The Hall–Kier alpha value is -1.30. The molecule has 0 aromatic heterocycles. The highest BCUT2D eigenvalue weighted by molar-refractivity contribution is 5.49. The number of aliphatic hydroxyl groups is 1. The van der Waals surface area contributed by atoms with Crippen molar-refractivity contribution in [2.45, 2.75) is 77.4 Å². The molecule has 0 amide bonds. The van der Waals surface area contributed by atoms with Gasteiger partial charge in [0.1, 0.15) is 0 Å². The van der Waals surface area contributed by atoms with Gasteiger partial charge >= 0.3 is 0 Å². The summed E-state index contributed by atoms with van der Waals surface area (Å²) in [6, 6.07) is 4.42. The molecule has 0 radical (unpaired) electrons. The van der Waals surface area contributed by atoms with Gasteiger partial charge in [-0.2, -0.15) is 0 Å². The third-order valence-corrected chi connectivity index (χ3v) is 5.07. The maximum Gasteiger partial charge on any atom is 0.161 e. The van der Waals surface area contributed by atoms with E-state index in [1.165, 1.54) is 11.1 Å². The second-order valence-electron chi connectivity index (χ2n) is 8.70. The van der Waals surface area contributed by atoms with Gasteiger partial charge in [-0.1, -0.05) is 0 Å². The molecular weight excluding hydrogens is 330 g/mol. The van der Waals surface area contributed by atoms with E-state index < -0.39 is 6.10 Å². The molecule has 5 nitrogen and oxygen atoms in total. The molecule has 0 aliphatic carbocycles. The lowest BCUT2D eigenvalue weighted by Crippen LogP contribution is -2.53. The summed E-state index contributed by atoms with van der Waals surface area (Å²) in [5.74, 6) is 1.57. The minimum Gasteiger partial charge on any atom is -0.493 e. The second-order valence-corrected chi connectivity index (χ2v) is 8.70. The molecule has 0 saturated carbocycles. The Morgan fingerprint density at radius 1 is 1.19 bits per heavy atom. The maximum atomic E-state index is 10.7. The number of methoxy groups -OCH3 is 1. The van der Waals surface area contributed by atoms with Crippen molar-refractivity contribution < 1.29 is 19.3 Å². The Bertz CT molecular complexity index is 638. The third-order valence-electron chi connectivity index (χ3n) is 5.07. The molecule has 146 valence electrons. The van der Waals surface area contributed by atoms with E-state index in [-0.39, 0.29) is 23.9 Å². The van der Waals surface area contributed by atoms with Gasteiger partial charge in [0.25, 0.3) is 0 Å². The Balaban J connectivity index is 1.85. The van der Waals surface area contributed by atoms with E-state index in [9.17, 15) is 5.11 Å². The number of benzene rings is 1. The molecular formula is C21H33NO4. The minimum atomic E-state index is -0.459. The Morgan fingerprint density at radius 2 is 1.92 bits per heavy atom. The van der Waals surface area contributed by atoms with Crippen LogP contribution in [0.1, 0.15) is 58.2 Å². The van der Waals surface area contributed by atoms with Crippen LogP contribution >= 0.6 is 0 Å². The number of piperidine rings is 1. The van der Waals surface area contributed by atoms with Crippen molar-refractivity contribution in [1.82, 2.24) is 4.90 Å². The van der Waals surface area contributed by atoms with Crippen molar-refractivity contribution in [2.75, 3.05) is 20.2 Å². The van der Waals surface area contributed by atoms with E-state index in [0.717, 1.165) is 31.0 Å². The molecule has 2 aliphatic heterocycles. The van der Waals surface area contributed by atoms with Crippen molar-refractivity contribution in [3.63, 3.8) is 0 Å². The third kappa shape index (κ3) is 4.16. The molecule has 3 atom stereocenters. The van der Waals surface area contributed by atoms with Gasteiger partial charge in [-0.15, -0.1) is 0 Å². The van der Waals surface area contributed by atoms with Crippen LogP contribution in [-0.2, 0) is 11.2 Å². The van der Waals surface area contributed by atoms with E-state index in [4.69, 9.17) is 14.2 Å². The first-order valence-corrected chi connectivity index (χ1v) is 9.65. The van der Waals surface area contributed by atoms with Gasteiger partial charge in [-0.25, -0.2) is 0 Å². The number of hydrogen-bond acceptors (Lipinski definition) is 5. The zero-order valence-corrected chi connectivity index (χ0v) is 16.9. The van der Waals surface area contributed by atoms with Crippen LogP contribution in [0.15, 0.2) is 12.1 Å². The van der Waals surface area contributed by atoms with Crippen LogP contribution in [0.25, 0.3) is 0 Å². The molecule has 0 bridgehead atoms. The first kappa shape index (κ1) is 19.5. The van der Waals surface area contributed by atoms with Gasteiger partial charge in [-0.3, -0.25) is 4.90 Å². The highest BCUT2D eigenvalue weighted by atomic mass is 16.5. The first-order valence-electron chi connectivity index (χ1n) is 9.65. The molecule has 3 rings (SSSR count). The summed E-state index contributed by atoms with van der Waals surface area (Å²) in [4.78, 5) is 2.44.